The third-order valence-corrected chi connectivity index (χ3v) is 4.46. The Labute approximate surface area is 154 Å². The lowest BCUT2D eigenvalue weighted by Gasteiger charge is -2.22. The van der Waals surface area contributed by atoms with E-state index in [1.807, 2.05) is 0 Å². The van der Waals surface area contributed by atoms with E-state index in [0.717, 1.165) is 12.8 Å². The van der Waals surface area contributed by atoms with Crippen LogP contribution in [0, 0.1) is 0 Å². The van der Waals surface area contributed by atoms with E-state index < -0.39 is 5.91 Å². The maximum absolute atomic E-state index is 12.1. The molecule has 7 nitrogen and oxygen atoms in total. The highest BCUT2D eigenvalue weighted by atomic mass is 16.2. The molecule has 1 fully saturated rings. The highest BCUT2D eigenvalue weighted by Gasteiger charge is 2.15. The number of amides is 4. The number of carbonyl (C=O) groups is 3. The summed E-state index contributed by atoms with van der Waals surface area (Å²) >= 11 is 0. The summed E-state index contributed by atoms with van der Waals surface area (Å²) in [5, 5.41) is 8.57. The summed E-state index contributed by atoms with van der Waals surface area (Å²) in [5.74, 6) is -0.601. The number of carbonyl (C=O) groups excluding carboxylic acids is 3. The van der Waals surface area contributed by atoms with E-state index in [9.17, 15) is 14.4 Å². The maximum atomic E-state index is 12.1. The Morgan fingerprint density at radius 1 is 1.08 bits per heavy atom. The largest absolute Gasteiger partial charge is 0.369 e. The molecule has 4 amide bonds. The predicted molar refractivity (Wildman–Crippen MR) is 101 cm³/mol. The van der Waals surface area contributed by atoms with Crippen LogP contribution < -0.4 is 21.7 Å². The standard InChI is InChI=1S/C19H28N4O3/c20-17(24)13-14-7-4-5-10-16(14)23-18(25)11-6-12-21-19(26)22-15-8-2-1-3-9-15/h4-5,7,10,15H,1-3,6,8-9,11-13H2,(H2,20,24)(H,23,25)(H2,21,22,26). The fourth-order valence-electron chi connectivity index (χ4n) is 3.13. The van der Waals surface area contributed by atoms with Crippen molar-refractivity contribution in [3.63, 3.8) is 0 Å². The number of nitrogens with one attached hydrogen (secondary N) is 3. The first-order valence-corrected chi connectivity index (χ1v) is 9.25. The second-order valence-corrected chi connectivity index (χ2v) is 6.69. The Hall–Kier alpha value is -2.57. The van der Waals surface area contributed by atoms with Gasteiger partial charge in [0.05, 0.1) is 6.42 Å². The zero-order valence-corrected chi connectivity index (χ0v) is 15.1. The molecular formula is C19H28N4O3. The van der Waals surface area contributed by atoms with Crippen molar-refractivity contribution in [3.05, 3.63) is 29.8 Å². The Bertz CT molecular complexity index is 627. The zero-order chi connectivity index (χ0) is 18.8. The molecule has 1 aromatic carbocycles. The van der Waals surface area contributed by atoms with E-state index in [-0.39, 0.29) is 30.8 Å². The molecule has 0 aliphatic heterocycles. The van der Waals surface area contributed by atoms with Crippen molar-refractivity contribution >= 4 is 23.5 Å². The number of nitrogens with two attached hydrogens (primary N) is 1. The van der Waals surface area contributed by atoms with E-state index >= 15 is 0 Å². The van der Waals surface area contributed by atoms with Gasteiger partial charge in [0.15, 0.2) is 0 Å². The monoisotopic (exact) mass is 360 g/mol. The predicted octanol–water partition coefficient (Wildman–Crippen LogP) is 2.06. The SMILES string of the molecule is NC(=O)Cc1ccccc1NC(=O)CCCNC(=O)NC1CCCCC1. The number of hydrogen-bond donors (Lipinski definition) is 4. The first kappa shape index (κ1) is 19.8. The number of para-hydroxylation sites is 1. The van der Waals surface area contributed by atoms with Crippen molar-refractivity contribution in [2.24, 2.45) is 5.73 Å². The van der Waals surface area contributed by atoms with Crippen molar-refractivity contribution < 1.29 is 14.4 Å². The number of benzene rings is 1. The molecule has 5 N–H and O–H groups in total. The molecule has 0 spiro atoms. The molecule has 0 bridgehead atoms. The fraction of sp³-hybridized carbons (Fsp3) is 0.526. The molecule has 1 saturated carbocycles. The van der Waals surface area contributed by atoms with Crippen molar-refractivity contribution in [2.75, 3.05) is 11.9 Å². The minimum absolute atomic E-state index is 0.0827. The molecule has 0 atom stereocenters. The summed E-state index contributed by atoms with van der Waals surface area (Å²) < 4.78 is 0. The second kappa shape index (κ2) is 10.4. The average molecular weight is 360 g/mol. The molecule has 7 heteroatoms. The third-order valence-electron chi connectivity index (χ3n) is 4.46. The van der Waals surface area contributed by atoms with E-state index in [4.69, 9.17) is 5.73 Å². The van der Waals surface area contributed by atoms with Gasteiger partial charge in [-0.2, -0.15) is 0 Å². The maximum Gasteiger partial charge on any atom is 0.315 e. The topological polar surface area (TPSA) is 113 Å². The van der Waals surface area contributed by atoms with Crippen LogP contribution in [-0.4, -0.2) is 30.4 Å². The molecule has 0 saturated heterocycles. The van der Waals surface area contributed by atoms with Crippen molar-refractivity contribution in [1.29, 1.82) is 0 Å². The van der Waals surface area contributed by atoms with Crippen LogP contribution >= 0.6 is 0 Å². The summed E-state index contributed by atoms with van der Waals surface area (Å²) in [4.78, 5) is 35.0. The van der Waals surface area contributed by atoms with Crippen LogP contribution in [0.2, 0.25) is 0 Å². The second-order valence-electron chi connectivity index (χ2n) is 6.69. The first-order chi connectivity index (χ1) is 12.5. The van der Waals surface area contributed by atoms with Crippen molar-refractivity contribution in [1.82, 2.24) is 10.6 Å². The normalized spacial score (nSPS) is 14.5. The molecule has 26 heavy (non-hydrogen) atoms. The van der Waals surface area contributed by atoms with Gasteiger partial charge in [-0.3, -0.25) is 9.59 Å². The highest BCUT2D eigenvalue weighted by Crippen LogP contribution is 2.17. The van der Waals surface area contributed by atoms with Crippen molar-refractivity contribution in [2.45, 2.75) is 57.4 Å². The van der Waals surface area contributed by atoms with Crippen LogP contribution in [0.3, 0.4) is 0 Å². The average Bonchev–Trinajstić information content (AvgIpc) is 2.61. The summed E-state index contributed by atoms with van der Waals surface area (Å²) in [7, 11) is 0. The number of rotatable bonds is 8. The minimum atomic E-state index is -0.445. The fourth-order valence-corrected chi connectivity index (χ4v) is 3.13. The quantitative estimate of drug-likeness (QED) is 0.532. The van der Waals surface area contributed by atoms with E-state index in [2.05, 4.69) is 16.0 Å². The third kappa shape index (κ3) is 7.13. The molecule has 1 aromatic rings. The van der Waals surface area contributed by atoms with Crippen LogP contribution in [0.1, 0.15) is 50.5 Å². The Kier molecular flexibility index (Phi) is 7.92. The molecule has 1 aliphatic carbocycles. The summed E-state index contributed by atoms with van der Waals surface area (Å²) in [5.41, 5.74) is 6.51. The van der Waals surface area contributed by atoms with Gasteiger partial charge in [0.2, 0.25) is 11.8 Å². The van der Waals surface area contributed by atoms with Gasteiger partial charge < -0.3 is 21.7 Å². The molecular weight excluding hydrogens is 332 g/mol. The minimum Gasteiger partial charge on any atom is -0.369 e. The van der Waals surface area contributed by atoms with Crippen LogP contribution in [0.15, 0.2) is 24.3 Å². The van der Waals surface area contributed by atoms with Gasteiger partial charge in [0.1, 0.15) is 0 Å². The Balaban J connectivity index is 1.66. The van der Waals surface area contributed by atoms with Gasteiger partial charge in [-0.1, -0.05) is 37.5 Å². The van der Waals surface area contributed by atoms with Crippen LogP contribution in [0.4, 0.5) is 10.5 Å². The molecule has 0 heterocycles. The lowest BCUT2D eigenvalue weighted by atomic mass is 9.96. The van der Waals surface area contributed by atoms with E-state index in [1.165, 1.54) is 19.3 Å². The van der Waals surface area contributed by atoms with Gasteiger partial charge in [-0.05, 0) is 30.9 Å². The summed E-state index contributed by atoms with van der Waals surface area (Å²) in [6, 6.07) is 7.20. The zero-order valence-electron chi connectivity index (χ0n) is 15.1. The molecule has 0 aromatic heterocycles. The van der Waals surface area contributed by atoms with Gasteiger partial charge >= 0.3 is 6.03 Å². The number of urea groups is 1. The highest BCUT2D eigenvalue weighted by molar-refractivity contribution is 5.92. The van der Waals surface area contributed by atoms with Gasteiger partial charge in [-0.15, -0.1) is 0 Å². The van der Waals surface area contributed by atoms with Crippen LogP contribution in [0.5, 0.6) is 0 Å². The van der Waals surface area contributed by atoms with Crippen LogP contribution in [-0.2, 0) is 16.0 Å². The molecule has 0 unspecified atom stereocenters. The summed E-state index contributed by atoms with van der Waals surface area (Å²) in [6.07, 6.45) is 6.58. The summed E-state index contributed by atoms with van der Waals surface area (Å²) in [6.45, 7) is 0.439. The van der Waals surface area contributed by atoms with Crippen LogP contribution in [0.25, 0.3) is 0 Å². The Morgan fingerprint density at radius 3 is 2.54 bits per heavy atom. The van der Waals surface area contributed by atoms with Gasteiger partial charge in [0, 0.05) is 24.7 Å². The molecule has 0 radical (unpaired) electrons. The van der Waals surface area contributed by atoms with E-state index in [1.54, 1.807) is 24.3 Å². The number of anilines is 1. The Morgan fingerprint density at radius 2 is 1.81 bits per heavy atom. The molecule has 2 rings (SSSR count). The number of primary amides is 1. The van der Waals surface area contributed by atoms with Crippen molar-refractivity contribution in [3.8, 4) is 0 Å². The molecule has 1 aliphatic rings. The molecule has 142 valence electrons. The smallest absolute Gasteiger partial charge is 0.315 e. The lowest BCUT2D eigenvalue weighted by Crippen LogP contribution is -2.43. The first-order valence-electron chi connectivity index (χ1n) is 9.25. The lowest BCUT2D eigenvalue weighted by molar-refractivity contribution is -0.118. The van der Waals surface area contributed by atoms with Gasteiger partial charge in [-0.25, -0.2) is 4.79 Å². The number of hydrogen-bond acceptors (Lipinski definition) is 3. The van der Waals surface area contributed by atoms with Gasteiger partial charge in [0.25, 0.3) is 0 Å². The van der Waals surface area contributed by atoms with E-state index in [0.29, 0.717) is 24.2 Å².